The molecule has 0 aromatic rings. The Kier molecular flexibility index (Phi) is 4.40. The van der Waals surface area contributed by atoms with Crippen molar-refractivity contribution in [1.82, 2.24) is 0 Å². The maximum absolute atomic E-state index is 11.5. The molecule has 0 radical (unpaired) electrons. The van der Waals surface area contributed by atoms with Gasteiger partial charge in [-0.15, -0.1) is 0 Å². The first-order valence-electron chi connectivity index (χ1n) is 5.34. The number of ketones is 1. The van der Waals surface area contributed by atoms with E-state index in [0.717, 1.165) is 0 Å². The molecule has 0 bridgehead atoms. The van der Waals surface area contributed by atoms with Gasteiger partial charge in [0.1, 0.15) is 18.3 Å². The van der Waals surface area contributed by atoms with E-state index in [4.69, 9.17) is 10.2 Å². The average molecular weight is 234 g/mol. The second kappa shape index (κ2) is 5.20. The summed E-state index contributed by atoms with van der Waals surface area (Å²) >= 11 is 0. The molecular weight excluding hydrogens is 216 g/mol. The molecule has 0 spiro atoms. The molecule has 6 heteroatoms. The summed E-state index contributed by atoms with van der Waals surface area (Å²) < 4.78 is 0. The predicted molar refractivity (Wildman–Crippen MR) is 53.5 cm³/mol. The molecule has 1 fully saturated rings. The smallest absolute Gasteiger partial charge is 0.167 e. The van der Waals surface area contributed by atoms with Crippen LogP contribution in [0.1, 0.15) is 25.7 Å². The number of rotatable bonds is 4. The van der Waals surface area contributed by atoms with Crippen molar-refractivity contribution in [1.29, 1.82) is 0 Å². The van der Waals surface area contributed by atoms with Crippen LogP contribution in [0.4, 0.5) is 0 Å². The number of carbonyl (C=O) groups is 1. The first-order valence-corrected chi connectivity index (χ1v) is 5.34. The number of hydrogen-bond donors (Lipinski definition) is 5. The lowest BCUT2D eigenvalue weighted by Crippen LogP contribution is -2.58. The molecule has 1 aliphatic carbocycles. The molecule has 4 atom stereocenters. The average Bonchev–Trinajstić information content (AvgIpc) is 2.30. The zero-order chi connectivity index (χ0) is 12.3. The van der Waals surface area contributed by atoms with E-state index in [0.29, 0.717) is 12.8 Å². The molecule has 0 amide bonds. The molecule has 1 aliphatic rings. The third kappa shape index (κ3) is 2.41. The van der Waals surface area contributed by atoms with Crippen LogP contribution in [0.3, 0.4) is 0 Å². The van der Waals surface area contributed by atoms with Crippen LogP contribution in [0.25, 0.3) is 0 Å². The molecule has 0 aliphatic heterocycles. The summed E-state index contributed by atoms with van der Waals surface area (Å²) in [4.78, 5) is 11.5. The summed E-state index contributed by atoms with van der Waals surface area (Å²) in [6.45, 7) is -0.748. The zero-order valence-electron chi connectivity index (χ0n) is 8.91. The Morgan fingerprint density at radius 2 is 1.88 bits per heavy atom. The van der Waals surface area contributed by atoms with Gasteiger partial charge in [0, 0.05) is 6.42 Å². The summed E-state index contributed by atoms with van der Waals surface area (Å²) in [6, 6.07) is 0. The number of aliphatic hydroxyl groups excluding tert-OH is 4. The summed E-state index contributed by atoms with van der Waals surface area (Å²) in [6.07, 6.45) is -3.67. The standard InChI is InChI=1S/C10H18O6/c11-5-6(12)8(14)9(15)10(16)4-2-1-3-7(10)13/h6,8-9,11-12,14-16H,1-5H2/t6-,8-,9+,10+/m1/s1. The lowest BCUT2D eigenvalue weighted by molar-refractivity contribution is -0.179. The maximum Gasteiger partial charge on any atom is 0.167 e. The molecule has 1 saturated carbocycles. The molecular formula is C10H18O6. The molecule has 0 aromatic carbocycles. The summed E-state index contributed by atoms with van der Waals surface area (Å²) in [5.41, 5.74) is -2.01. The van der Waals surface area contributed by atoms with Crippen molar-refractivity contribution in [2.75, 3.05) is 6.61 Å². The van der Waals surface area contributed by atoms with Crippen LogP contribution in [-0.4, -0.2) is 61.8 Å². The van der Waals surface area contributed by atoms with Crippen molar-refractivity contribution in [3.8, 4) is 0 Å². The van der Waals surface area contributed by atoms with Crippen molar-refractivity contribution in [3.05, 3.63) is 0 Å². The minimum atomic E-state index is -2.01. The van der Waals surface area contributed by atoms with Gasteiger partial charge in [-0.1, -0.05) is 0 Å². The van der Waals surface area contributed by atoms with Gasteiger partial charge in [0.2, 0.25) is 0 Å². The van der Waals surface area contributed by atoms with Crippen LogP contribution in [0.5, 0.6) is 0 Å². The summed E-state index contributed by atoms with van der Waals surface area (Å²) in [7, 11) is 0. The van der Waals surface area contributed by atoms with E-state index in [1.165, 1.54) is 0 Å². The van der Waals surface area contributed by atoms with Gasteiger partial charge in [0.05, 0.1) is 6.61 Å². The lowest BCUT2D eigenvalue weighted by atomic mass is 9.77. The van der Waals surface area contributed by atoms with Crippen molar-refractivity contribution < 1.29 is 30.3 Å². The van der Waals surface area contributed by atoms with E-state index in [9.17, 15) is 20.1 Å². The van der Waals surface area contributed by atoms with E-state index >= 15 is 0 Å². The minimum absolute atomic E-state index is 0.0577. The van der Waals surface area contributed by atoms with Crippen LogP contribution in [0.15, 0.2) is 0 Å². The van der Waals surface area contributed by atoms with Crippen molar-refractivity contribution >= 4 is 5.78 Å². The number of Topliss-reactive ketones (excluding diaryl/α,β-unsaturated/α-hetero) is 1. The fourth-order valence-corrected chi connectivity index (χ4v) is 1.95. The normalized spacial score (nSPS) is 32.2. The third-order valence-corrected chi connectivity index (χ3v) is 3.09. The second-order valence-corrected chi connectivity index (χ2v) is 4.24. The Hall–Kier alpha value is -0.530. The van der Waals surface area contributed by atoms with Crippen molar-refractivity contribution in [2.45, 2.75) is 49.6 Å². The zero-order valence-corrected chi connectivity index (χ0v) is 8.91. The second-order valence-electron chi connectivity index (χ2n) is 4.24. The Bertz CT molecular complexity index is 256. The van der Waals surface area contributed by atoms with Crippen LogP contribution >= 0.6 is 0 Å². The fourth-order valence-electron chi connectivity index (χ4n) is 1.95. The summed E-state index contributed by atoms with van der Waals surface area (Å²) in [5, 5.41) is 46.9. The molecule has 0 heterocycles. The fraction of sp³-hybridized carbons (Fsp3) is 0.900. The molecule has 5 N–H and O–H groups in total. The number of hydrogen-bond acceptors (Lipinski definition) is 6. The van der Waals surface area contributed by atoms with Gasteiger partial charge in [-0.05, 0) is 19.3 Å². The maximum atomic E-state index is 11.5. The van der Waals surface area contributed by atoms with Gasteiger partial charge in [-0.2, -0.15) is 0 Å². The molecule has 0 saturated heterocycles. The Morgan fingerprint density at radius 1 is 1.25 bits per heavy atom. The molecule has 6 nitrogen and oxygen atoms in total. The van der Waals surface area contributed by atoms with E-state index in [-0.39, 0.29) is 12.8 Å². The van der Waals surface area contributed by atoms with Gasteiger partial charge < -0.3 is 25.5 Å². The first kappa shape index (κ1) is 13.5. The van der Waals surface area contributed by atoms with E-state index in [1.54, 1.807) is 0 Å². The van der Waals surface area contributed by atoms with Crippen LogP contribution in [0.2, 0.25) is 0 Å². The molecule has 16 heavy (non-hydrogen) atoms. The predicted octanol–water partition coefficient (Wildman–Crippen LogP) is -2.06. The van der Waals surface area contributed by atoms with Gasteiger partial charge in [-0.3, -0.25) is 4.79 Å². The quantitative estimate of drug-likeness (QED) is 0.381. The number of aliphatic hydroxyl groups is 5. The van der Waals surface area contributed by atoms with Crippen molar-refractivity contribution in [3.63, 3.8) is 0 Å². The Morgan fingerprint density at radius 3 is 2.38 bits per heavy atom. The number of carbonyl (C=O) groups excluding carboxylic acids is 1. The highest BCUT2D eigenvalue weighted by molar-refractivity contribution is 5.88. The van der Waals surface area contributed by atoms with Crippen LogP contribution in [0, 0.1) is 0 Å². The van der Waals surface area contributed by atoms with E-state index < -0.39 is 36.3 Å². The molecule has 0 unspecified atom stereocenters. The van der Waals surface area contributed by atoms with Crippen LogP contribution in [-0.2, 0) is 4.79 Å². The monoisotopic (exact) mass is 234 g/mol. The third-order valence-electron chi connectivity index (χ3n) is 3.09. The van der Waals surface area contributed by atoms with Gasteiger partial charge in [0.15, 0.2) is 11.4 Å². The topological polar surface area (TPSA) is 118 Å². The van der Waals surface area contributed by atoms with Gasteiger partial charge >= 0.3 is 0 Å². The van der Waals surface area contributed by atoms with Crippen molar-refractivity contribution in [2.24, 2.45) is 0 Å². The largest absolute Gasteiger partial charge is 0.394 e. The molecule has 94 valence electrons. The van der Waals surface area contributed by atoms with E-state index in [1.807, 2.05) is 0 Å². The highest BCUT2D eigenvalue weighted by atomic mass is 16.4. The molecule has 1 rings (SSSR count). The minimum Gasteiger partial charge on any atom is -0.394 e. The van der Waals surface area contributed by atoms with Crippen LogP contribution < -0.4 is 0 Å². The van der Waals surface area contributed by atoms with Gasteiger partial charge in [0.25, 0.3) is 0 Å². The van der Waals surface area contributed by atoms with E-state index in [2.05, 4.69) is 0 Å². The SMILES string of the molecule is O=C1CCCC[C@@]1(O)[C@@H](O)[C@H](O)[C@H](O)CO. The Labute approximate surface area is 93.2 Å². The first-order chi connectivity index (χ1) is 7.43. The Balaban J connectivity index is 2.77. The molecule has 0 aromatic heterocycles. The lowest BCUT2D eigenvalue weighted by Gasteiger charge is -2.37. The highest BCUT2D eigenvalue weighted by Gasteiger charge is 2.48. The highest BCUT2D eigenvalue weighted by Crippen LogP contribution is 2.30. The van der Waals surface area contributed by atoms with Gasteiger partial charge in [-0.25, -0.2) is 0 Å². The summed E-state index contributed by atoms with van der Waals surface area (Å²) in [5.74, 6) is -0.532.